The average molecular weight is 521 g/mol. The van der Waals surface area contributed by atoms with Crippen molar-refractivity contribution < 1.29 is 9.47 Å². The molecule has 2 atom stereocenters. The van der Waals surface area contributed by atoms with Gasteiger partial charge in [0, 0.05) is 0 Å². The van der Waals surface area contributed by atoms with Crippen LogP contribution in [0, 0.1) is 0 Å². The molecule has 0 aliphatic carbocycles. The molecule has 2 unspecified atom stereocenters. The Labute approximate surface area is 236 Å². The molecule has 0 N–H and O–H groups in total. The van der Waals surface area contributed by atoms with Gasteiger partial charge in [-0.15, -0.1) is 0 Å². The topological polar surface area (TPSA) is 18.5 Å². The maximum absolute atomic E-state index is 6.36. The van der Waals surface area contributed by atoms with Gasteiger partial charge in [-0.2, -0.15) is 0 Å². The van der Waals surface area contributed by atoms with Gasteiger partial charge in [-0.25, -0.2) is 0 Å². The van der Waals surface area contributed by atoms with Crippen LogP contribution in [0.2, 0.25) is 0 Å². The molecule has 0 fully saturated rings. The molecule has 0 saturated carbocycles. The Morgan fingerprint density at radius 2 is 0.795 bits per heavy atom. The lowest BCUT2D eigenvalue weighted by molar-refractivity contribution is 0.185. The van der Waals surface area contributed by atoms with E-state index >= 15 is 0 Å². The standard InChI is InChI=1S/C37H44O2/c1-5-15-33(7-3)38-35-25-21-31(22-26-35)37(29-17-11-9-12-18-29,30-19-13-10-14-20-30)32-23-27-36(28-24-32)39-34(8-4)16-6-2/h9-14,17-28,33-34H,5-8,15-16H2,1-4H3. The molecule has 0 aliphatic heterocycles. The zero-order valence-electron chi connectivity index (χ0n) is 24.1. The highest BCUT2D eigenvalue weighted by Gasteiger charge is 2.38. The van der Waals surface area contributed by atoms with Crippen molar-refractivity contribution in [3.63, 3.8) is 0 Å². The lowest BCUT2D eigenvalue weighted by atomic mass is 9.65. The van der Waals surface area contributed by atoms with Gasteiger partial charge in [0.25, 0.3) is 0 Å². The van der Waals surface area contributed by atoms with Crippen LogP contribution in [0.25, 0.3) is 0 Å². The summed E-state index contributed by atoms with van der Waals surface area (Å²) in [5.74, 6) is 1.86. The molecular formula is C37H44O2. The molecule has 4 rings (SSSR count). The van der Waals surface area contributed by atoms with Crippen LogP contribution in [0.3, 0.4) is 0 Å². The van der Waals surface area contributed by atoms with Crippen LogP contribution in [-0.2, 0) is 5.41 Å². The molecule has 39 heavy (non-hydrogen) atoms. The normalized spacial score (nSPS) is 13.0. The predicted molar refractivity (Wildman–Crippen MR) is 164 cm³/mol. The first-order chi connectivity index (χ1) is 19.1. The molecule has 0 bridgehead atoms. The van der Waals surface area contributed by atoms with Gasteiger partial charge >= 0.3 is 0 Å². The van der Waals surface area contributed by atoms with Crippen molar-refractivity contribution in [1.29, 1.82) is 0 Å². The fourth-order valence-corrected chi connectivity index (χ4v) is 5.66. The monoisotopic (exact) mass is 520 g/mol. The van der Waals surface area contributed by atoms with Gasteiger partial charge < -0.3 is 9.47 Å². The second-order valence-electron chi connectivity index (χ2n) is 10.4. The molecule has 0 heterocycles. The van der Waals surface area contributed by atoms with Crippen LogP contribution in [0.1, 0.15) is 88.5 Å². The quantitative estimate of drug-likeness (QED) is 0.154. The molecule has 2 heteroatoms. The number of ether oxygens (including phenoxy) is 2. The fourth-order valence-electron chi connectivity index (χ4n) is 5.66. The third-order valence-electron chi connectivity index (χ3n) is 7.73. The minimum atomic E-state index is -0.485. The van der Waals surface area contributed by atoms with E-state index in [2.05, 4.69) is 137 Å². The summed E-state index contributed by atoms with van der Waals surface area (Å²) >= 11 is 0. The van der Waals surface area contributed by atoms with Crippen LogP contribution >= 0.6 is 0 Å². The lowest BCUT2D eigenvalue weighted by Crippen LogP contribution is -2.31. The molecule has 0 saturated heterocycles. The fraction of sp³-hybridized carbons (Fsp3) is 0.351. The van der Waals surface area contributed by atoms with Crippen molar-refractivity contribution in [3.05, 3.63) is 131 Å². The van der Waals surface area contributed by atoms with E-state index in [0.717, 1.165) is 50.0 Å². The van der Waals surface area contributed by atoms with Gasteiger partial charge in [-0.05, 0) is 72.2 Å². The van der Waals surface area contributed by atoms with E-state index in [1.165, 1.54) is 22.3 Å². The van der Waals surface area contributed by atoms with E-state index in [-0.39, 0.29) is 12.2 Å². The van der Waals surface area contributed by atoms with E-state index < -0.39 is 5.41 Å². The molecule has 4 aromatic rings. The number of hydrogen-bond donors (Lipinski definition) is 0. The van der Waals surface area contributed by atoms with Crippen molar-refractivity contribution in [2.24, 2.45) is 0 Å². The Bertz CT molecular complexity index is 1130. The molecule has 0 spiro atoms. The Morgan fingerprint density at radius 1 is 0.462 bits per heavy atom. The van der Waals surface area contributed by atoms with Crippen LogP contribution in [0.4, 0.5) is 0 Å². The van der Waals surface area contributed by atoms with E-state index in [0.29, 0.717) is 0 Å². The molecule has 4 aromatic carbocycles. The van der Waals surface area contributed by atoms with Crippen LogP contribution in [0.5, 0.6) is 11.5 Å². The van der Waals surface area contributed by atoms with E-state index in [1.807, 2.05) is 0 Å². The lowest BCUT2D eigenvalue weighted by Gasteiger charge is -2.37. The number of hydrogen-bond acceptors (Lipinski definition) is 2. The van der Waals surface area contributed by atoms with E-state index in [4.69, 9.17) is 9.47 Å². The smallest absolute Gasteiger partial charge is 0.119 e. The predicted octanol–water partition coefficient (Wildman–Crippen LogP) is 9.98. The molecule has 204 valence electrons. The third kappa shape index (κ3) is 6.56. The first-order valence-electron chi connectivity index (χ1n) is 14.8. The van der Waals surface area contributed by atoms with E-state index in [9.17, 15) is 0 Å². The zero-order chi connectivity index (χ0) is 27.5. The summed E-state index contributed by atoms with van der Waals surface area (Å²) in [6, 6.07) is 39.2. The van der Waals surface area contributed by atoms with Gasteiger partial charge in [0.05, 0.1) is 17.6 Å². The maximum atomic E-state index is 6.36. The van der Waals surface area contributed by atoms with Gasteiger partial charge in [0.2, 0.25) is 0 Å². The highest BCUT2D eigenvalue weighted by Crippen LogP contribution is 2.45. The highest BCUT2D eigenvalue weighted by molar-refractivity contribution is 5.60. The Morgan fingerprint density at radius 3 is 1.10 bits per heavy atom. The van der Waals surface area contributed by atoms with Crippen molar-refractivity contribution in [2.45, 2.75) is 83.8 Å². The summed E-state index contributed by atoms with van der Waals surface area (Å²) < 4.78 is 12.7. The van der Waals surface area contributed by atoms with Gasteiger partial charge in [-0.1, -0.05) is 125 Å². The summed E-state index contributed by atoms with van der Waals surface area (Å²) in [5.41, 5.74) is 4.39. The molecular weight excluding hydrogens is 476 g/mol. The maximum Gasteiger partial charge on any atom is 0.119 e. The van der Waals surface area contributed by atoms with Gasteiger partial charge in [0.1, 0.15) is 11.5 Å². The number of rotatable bonds is 14. The first kappa shape index (κ1) is 28.5. The SMILES string of the molecule is CCCC(CC)Oc1ccc(C(c2ccccc2)(c2ccccc2)c2ccc(OC(CC)CCC)cc2)cc1. The van der Waals surface area contributed by atoms with E-state index in [1.54, 1.807) is 0 Å². The summed E-state index contributed by atoms with van der Waals surface area (Å²) in [6.45, 7) is 8.82. The Hall–Kier alpha value is -3.52. The average Bonchev–Trinajstić information content (AvgIpc) is 2.99. The molecule has 2 nitrogen and oxygen atoms in total. The van der Waals surface area contributed by atoms with Gasteiger partial charge in [-0.3, -0.25) is 0 Å². The first-order valence-corrected chi connectivity index (χ1v) is 14.8. The molecule has 0 aliphatic rings. The zero-order valence-corrected chi connectivity index (χ0v) is 24.1. The minimum absolute atomic E-state index is 0.251. The van der Waals surface area contributed by atoms with Crippen molar-refractivity contribution in [1.82, 2.24) is 0 Å². The Kier molecular flexibility index (Phi) is 10.3. The van der Waals surface area contributed by atoms with Crippen LogP contribution < -0.4 is 9.47 Å². The molecule has 0 radical (unpaired) electrons. The minimum Gasteiger partial charge on any atom is -0.490 e. The summed E-state index contributed by atoms with van der Waals surface area (Å²) in [7, 11) is 0. The second kappa shape index (κ2) is 14.0. The second-order valence-corrected chi connectivity index (χ2v) is 10.4. The molecule has 0 amide bonds. The van der Waals surface area contributed by atoms with Crippen molar-refractivity contribution in [2.75, 3.05) is 0 Å². The summed E-state index contributed by atoms with van der Waals surface area (Å²) in [5, 5.41) is 0. The van der Waals surface area contributed by atoms with Crippen LogP contribution in [0.15, 0.2) is 109 Å². The third-order valence-corrected chi connectivity index (χ3v) is 7.73. The summed E-state index contributed by atoms with van der Waals surface area (Å²) in [6.07, 6.45) is 6.92. The van der Waals surface area contributed by atoms with Gasteiger partial charge in [0.15, 0.2) is 0 Å². The van der Waals surface area contributed by atoms with Crippen LogP contribution in [-0.4, -0.2) is 12.2 Å². The van der Waals surface area contributed by atoms with Crippen molar-refractivity contribution in [3.8, 4) is 11.5 Å². The summed E-state index contributed by atoms with van der Waals surface area (Å²) in [4.78, 5) is 0. The highest BCUT2D eigenvalue weighted by atomic mass is 16.5. The van der Waals surface area contributed by atoms with Crippen molar-refractivity contribution >= 4 is 0 Å². The largest absolute Gasteiger partial charge is 0.490 e. The Balaban J connectivity index is 1.83. The number of benzene rings is 4. The molecule has 0 aromatic heterocycles.